The van der Waals surface area contributed by atoms with Crippen LogP contribution in [0.15, 0.2) is 64.4 Å². The minimum absolute atomic E-state index is 0.162. The summed E-state index contributed by atoms with van der Waals surface area (Å²) in [7, 11) is 0. The molecule has 5 nitrogen and oxygen atoms in total. The number of hydrogen-bond acceptors (Lipinski definition) is 3. The Morgan fingerprint density at radius 1 is 1.15 bits per heavy atom. The van der Waals surface area contributed by atoms with Crippen LogP contribution in [0.4, 0.5) is 0 Å². The summed E-state index contributed by atoms with van der Waals surface area (Å²) in [5.74, 6) is -0.153. The van der Waals surface area contributed by atoms with Gasteiger partial charge in [-0.15, -0.1) is 0 Å². The fraction of sp³-hybridized carbons (Fsp3) is 0.273. The predicted octanol–water partition coefficient (Wildman–Crippen LogP) is 3.98. The van der Waals surface area contributed by atoms with Gasteiger partial charge in [0.25, 0.3) is 11.8 Å². The van der Waals surface area contributed by atoms with E-state index in [4.69, 9.17) is 4.42 Å². The summed E-state index contributed by atoms with van der Waals surface area (Å²) in [5, 5.41) is 5.64. The molecular weight excluding hydrogens is 340 g/mol. The van der Waals surface area contributed by atoms with Crippen LogP contribution in [-0.2, 0) is 4.79 Å². The number of benzene rings is 1. The summed E-state index contributed by atoms with van der Waals surface area (Å²) in [6.07, 6.45) is 9.68. The molecule has 0 unspecified atom stereocenters. The summed E-state index contributed by atoms with van der Waals surface area (Å²) in [6, 6.07) is 10.7. The van der Waals surface area contributed by atoms with E-state index in [1.54, 1.807) is 30.3 Å². The molecule has 1 heterocycles. The third-order valence-corrected chi connectivity index (χ3v) is 4.57. The van der Waals surface area contributed by atoms with Crippen LogP contribution >= 0.6 is 0 Å². The molecule has 3 rings (SSSR count). The van der Waals surface area contributed by atoms with E-state index in [-0.39, 0.29) is 17.5 Å². The zero-order chi connectivity index (χ0) is 19.1. The van der Waals surface area contributed by atoms with Gasteiger partial charge in [-0.2, -0.15) is 0 Å². The second-order valence-corrected chi connectivity index (χ2v) is 6.63. The van der Waals surface area contributed by atoms with Crippen LogP contribution in [0.5, 0.6) is 0 Å². The number of rotatable bonds is 6. The van der Waals surface area contributed by atoms with Gasteiger partial charge in [0, 0.05) is 18.2 Å². The number of carbonyl (C=O) groups is 2. The third kappa shape index (κ3) is 5.20. The first-order valence-electron chi connectivity index (χ1n) is 9.22. The van der Waals surface area contributed by atoms with E-state index in [9.17, 15) is 9.59 Å². The fourth-order valence-corrected chi connectivity index (χ4v) is 3.05. The zero-order valence-electron chi connectivity index (χ0n) is 15.5. The van der Waals surface area contributed by atoms with Gasteiger partial charge in [0.2, 0.25) is 0 Å². The van der Waals surface area contributed by atoms with Crippen LogP contribution in [-0.4, -0.2) is 18.4 Å². The predicted molar refractivity (Wildman–Crippen MR) is 105 cm³/mol. The van der Waals surface area contributed by atoms with Crippen molar-refractivity contribution < 1.29 is 14.0 Å². The second-order valence-electron chi connectivity index (χ2n) is 6.63. The summed E-state index contributed by atoms with van der Waals surface area (Å²) >= 11 is 0. The molecule has 140 valence electrons. The number of furan rings is 1. The van der Waals surface area contributed by atoms with Gasteiger partial charge in [-0.3, -0.25) is 9.59 Å². The lowest BCUT2D eigenvalue weighted by Crippen LogP contribution is -2.36. The van der Waals surface area contributed by atoms with Gasteiger partial charge in [-0.1, -0.05) is 29.8 Å². The van der Waals surface area contributed by atoms with Gasteiger partial charge in [0.1, 0.15) is 11.5 Å². The Labute approximate surface area is 159 Å². The molecule has 0 spiro atoms. The Morgan fingerprint density at radius 2 is 2.00 bits per heavy atom. The Bertz CT molecular complexity index is 863. The molecule has 1 aromatic heterocycles. The van der Waals surface area contributed by atoms with Gasteiger partial charge in [0.05, 0.1) is 6.26 Å². The van der Waals surface area contributed by atoms with Gasteiger partial charge < -0.3 is 15.1 Å². The SMILES string of the molecule is Cc1ccccc1C(=O)N/C(=C\c1ccco1)C(=O)NCC1=CCCCC1. The molecule has 0 atom stereocenters. The summed E-state index contributed by atoms with van der Waals surface area (Å²) in [6.45, 7) is 2.36. The van der Waals surface area contributed by atoms with Crippen molar-refractivity contribution in [2.75, 3.05) is 6.54 Å². The van der Waals surface area contributed by atoms with Crippen LogP contribution in [0.3, 0.4) is 0 Å². The number of hydrogen-bond donors (Lipinski definition) is 2. The molecule has 0 saturated heterocycles. The van der Waals surface area contributed by atoms with Crippen molar-refractivity contribution in [1.82, 2.24) is 10.6 Å². The molecule has 0 bridgehead atoms. The highest BCUT2D eigenvalue weighted by Gasteiger charge is 2.17. The monoisotopic (exact) mass is 364 g/mol. The Morgan fingerprint density at radius 3 is 2.70 bits per heavy atom. The largest absolute Gasteiger partial charge is 0.465 e. The average Bonchev–Trinajstić information content (AvgIpc) is 3.20. The smallest absolute Gasteiger partial charge is 0.268 e. The zero-order valence-corrected chi connectivity index (χ0v) is 15.5. The third-order valence-electron chi connectivity index (χ3n) is 4.57. The number of allylic oxidation sites excluding steroid dienone is 1. The van der Waals surface area contributed by atoms with E-state index in [1.807, 2.05) is 19.1 Å². The van der Waals surface area contributed by atoms with Crippen molar-refractivity contribution in [3.05, 3.63) is 76.9 Å². The lowest BCUT2D eigenvalue weighted by atomic mass is 10.00. The van der Waals surface area contributed by atoms with Crippen molar-refractivity contribution in [1.29, 1.82) is 0 Å². The fourth-order valence-electron chi connectivity index (χ4n) is 3.05. The molecule has 0 radical (unpaired) electrons. The molecule has 2 amide bonds. The van der Waals surface area contributed by atoms with Crippen LogP contribution in [0.25, 0.3) is 6.08 Å². The van der Waals surface area contributed by atoms with Crippen LogP contribution in [0.1, 0.15) is 47.4 Å². The molecule has 1 aliphatic carbocycles. The van der Waals surface area contributed by atoms with Gasteiger partial charge in [-0.05, 0) is 56.4 Å². The lowest BCUT2D eigenvalue weighted by molar-refractivity contribution is -0.117. The molecular formula is C22H24N2O3. The quantitative estimate of drug-likeness (QED) is 0.602. The molecule has 0 fully saturated rings. The number of nitrogens with one attached hydrogen (secondary N) is 2. The van der Waals surface area contributed by atoms with E-state index in [0.29, 0.717) is 17.9 Å². The number of amides is 2. The minimum atomic E-state index is -0.334. The van der Waals surface area contributed by atoms with Crippen LogP contribution in [0.2, 0.25) is 0 Å². The van der Waals surface area contributed by atoms with Crippen LogP contribution in [0, 0.1) is 6.92 Å². The van der Waals surface area contributed by atoms with Crippen molar-refractivity contribution >= 4 is 17.9 Å². The molecule has 1 aliphatic rings. The maximum absolute atomic E-state index is 12.7. The van der Waals surface area contributed by atoms with Crippen molar-refractivity contribution in [3.63, 3.8) is 0 Å². The summed E-state index contributed by atoms with van der Waals surface area (Å²) in [5.41, 5.74) is 2.78. The molecule has 0 aliphatic heterocycles. The highest BCUT2D eigenvalue weighted by Crippen LogP contribution is 2.16. The number of aryl methyl sites for hydroxylation is 1. The summed E-state index contributed by atoms with van der Waals surface area (Å²) in [4.78, 5) is 25.3. The Kier molecular flexibility index (Phi) is 6.26. The normalized spacial score (nSPS) is 14.4. The first kappa shape index (κ1) is 18.7. The maximum Gasteiger partial charge on any atom is 0.268 e. The molecule has 27 heavy (non-hydrogen) atoms. The standard InChI is InChI=1S/C22H24N2O3/c1-16-8-5-6-12-19(16)21(25)24-20(14-18-11-7-13-27-18)22(26)23-15-17-9-3-2-4-10-17/h5-9,11-14H,2-4,10,15H2,1H3,(H,23,26)(H,24,25)/b20-14-. The second kappa shape index (κ2) is 9.03. The molecule has 1 aromatic carbocycles. The Hall–Kier alpha value is -3.08. The van der Waals surface area contributed by atoms with E-state index < -0.39 is 0 Å². The lowest BCUT2D eigenvalue weighted by Gasteiger charge is -2.15. The van der Waals surface area contributed by atoms with E-state index in [2.05, 4.69) is 16.7 Å². The summed E-state index contributed by atoms with van der Waals surface area (Å²) < 4.78 is 5.30. The first-order chi connectivity index (χ1) is 13.1. The van der Waals surface area contributed by atoms with Crippen LogP contribution < -0.4 is 10.6 Å². The Balaban J connectivity index is 1.74. The van der Waals surface area contributed by atoms with Gasteiger partial charge in [-0.25, -0.2) is 0 Å². The van der Waals surface area contributed by atoms with Crippen molar-refractivity contribution in [2.45, 2.75) is 32.6 Å². The first-order valence-corrected chi connectivity index (χ1v) is 9.22. The molecule has 5 heteroatoms. The van der Waals surface area contributed by atoms with E-state index in [1.165, 1.54) is 18.3 Å². The topological polar surface area (TPSA) is 71.3 Å². The molecule has 2 aromatic rings. The molecule has 2 N–H and O–H groups in total. The van der Waals surface area contributed by atoms with Crippen molar-refractivity contribution in [3.8, 4) is 0 Å². The highest BCUT2D eigenvalue weighted by atomic mass is 16.3. The average molecular weight is 364 g/mol. The highest BCUT2D eigenvalue weighted by molar-refractivity contribution is 6.05. The number of carbonyl (C=O) groups excluding carboxylic acids is 2. The van der Waals surface area contributed by atoms with Crippen molar-refractivity contribution in [2.24, 2.45) is 0 Å². The van der Waals surface area contributed by atoms with Gasteiger partial charge in [0.15, 0.2) is 0 Å². The van der Waals surface area contributed by atoms with E-state index in [0.717, 1.165) is 24.8 Å². The van der Waals surface area contributed by atoms with E-state index >= 15 is 0 Å². The van der Waals surface area contributed by atoms with Gasteiger partial charge >= 0.3 is 0 Å². The minimum Gasteiger partial charge on any atom is -0.465 e. The maximum atomic E-state index is 12.7. The molecule has 0 saturated carbocycles.